The van der Waals surface area contributed by atoms with E-state index in [1.165, 1.54) is 12.1 Å². The average molecular weight is 407 g/mol. The van der Waals surface area contributed by atoms with Crippen LogP contribution in [0.1, 0.15) is 36.0 Å². The van der Waals surface area contributed by atoms with Crippen molar-refractivity contribution in [3.63, 3.8) is 0 Å². The third kappa shape index (κ3) is 5.19. The van der Waals surface area contributed by atoms with E-state index in [4.69, 9.17) is 4.74 Å². The largest absolute Gasteiger partial charge is 0.477 e. The lowest BCUT2D eigenvalue weighted by Gasteiger charge is -2.32. The van der Waals surface area contributed by atoms with E-state index >= 15 is 0 Å². The molecule has 5 nitrogen and oxygen atoms in total. The Morgan fingerprint density at radius 3 is 2.83 bits per heavy atom. The molecule has 0 saturated carbocycles. The van der Waals surface area contributed by atoms with E-state index in [1.807, 2.05) is 24.3 Å². The molecule has 0 aliphatic carbocycles. The Balaban J connectivity index is 1.24. The zero-order valence-corrected chi connectivity index (χ0v) is 17.0. The number of carbonyl (C=O) groups is 1. The highest BCUT2D eigenvalue weighted by Crippen LogP contribution is 2.23. The number of hydrogen-bond acceptors (Lipinski definition) is 5. The van der Waals surface area contributed by atoms with Gasteiger partial charge in [-0.2, -0.15) is 0 Å². The van der Waals surface area contributed by atoms with E-state index in [0.717, 1.165) is 49.8 Å². The van der Waals surface area contributed by atoms with Crippen LogP contribution in [-0.4, -0.2) is 46.9 Å². The first-order valence-corrected chi connectivity index (χ1v) is 10.5. The molecule has 1 atom stereocenters. The molecule has 1 fully saturated rings. The summed E-state index contributed by atoms with van der Waals surface area (Å²) in [7, 11) is 0. The summed E-state index contributed by atoms with van der Waals surface area (Å²) in [4.78, 5) is 23.2. The molecule has 0 N–H and O–H groups in total. The Morgan fingerprint density at radius 2 is 1.97 bits per heavy atom. The number of ketones is 1. The molecule has 156 valence electrons. The van der Waals surface area contributed by atoms with Gasteiger partial charge in [0.2, 0.25) is 5.88 Å². The normalized spacial score (nSPS) is 17.2. The number of Topliss-reactive ketones (excluding diaryl/α,β-unsaturated/α-hetero) is 1. The summed E-state index contributed by atoms with van der Waals surface area (Å²) in [6.45, 7) is 3.54. The lowest BCUT2D eigenvalue weighted by atomic mass is 9.98. The number of aromatic nitrogens is 2. The van der Waals surface area contributed by atoms with Gasteiger partial charge in [-0.3, -0.25) is 4.79 Å². The maximum Gasteiger partial charge on any atom is 0.224 e. The summed E-state index contributed by atoms with van der Waals surface area (Å²) in [5.41, 5.74) is 1.47. The van der Waals surface area contributed by atoms with Crippen LogP contribution in [-0.2, 0) is 0 Å². The van der Waals surface area contributed by atoms with Crippen LogP contribution < -0.4 is 4.74 Å². The number of halogens is 1. The fourth-order valence-corrected chi connectivity index (χ4v) is 4.03. The summed E-state index contributed by atoms with van der Waals surface area (Å²) in [6.07, 6.45) is 5.10. The summed E-state index contributed by atoms with van der Waals surface area (Å²) in [6, 6.07) is 13.7. The number of fused-ring (bicyclic) bond motifs is 1. The minimum absolute atomic E-state index is 0.0718. The number of hydrogen-bond donors (Lipinski definition) is 0. The maximum absolute atomic E-state index is 13.0. The first-order chi connectivity index (χ1) is 14.7. The highest BCUT2D eigenvalue weighted by atomic mass is 19.1. The first-order valence-electron chi connectivity index (χ1n) is 10.5. The SMILES string of the molecule is O=C(CCCN1CCCC(COc2ncnc3ccccc23)C1)c1ccc(F)cc1. The molecule has 1 aliphatic heterocycles. The number of para-hydroxylation sites is 1. The van der Waals surface area contributed by atoms with Gasteiger partial charge in [-0.25, -0.2) is 14.4 Å². The van der Waals surface area contributed by atoms with Gasteiger partial charge in [0, 0.05) is 24.4 Å². The van der Waals surface area contributed by atoms with E-state index in [2.05, 4.69) is 14.9 Å². The van der Waals surface area contributed by atoms with Crippen molar-refractivity contribution in [3.8, 4) is 5.88 Å². The number of carbonyl (C=O) groups excluding carboxylic acids is 1. The Labute approximate surface area is 175 Å². The topological polar surface area (TPSA) is 55.3 Å². The Bertz CT molecular complexity index is 988. The molecular formula is C24H26FN3O2. The number of nitrogens with zero attached hydrogens (tertiary/aromatic N) is 3. The van der Waals surface area contributed by atoms with E-state index < -0.39 is 0 Å². The van der Waals surface area contributed by atoms with Crippen LogP contribution in [0.2, 0.25) is 0 Å². The first kappa shape index (κ1) is 20.4. The number of benzene rings is 2. The summed E-state index contributed by atoms with van der Waals surface area (Å²) < 4.78 is 19.0. The van der Waals surface area contributed by atoms with Gasteiger partial charge >= 0.3 is 0 Å². The second-order valence-electron chi connectivity index (χ2n) is 7.85. The molecule has 1 aliphatic rings. The van der Waals surface area contributed by atoms with Crippen LogP contribution in [0.5, 0.6) is 5.88 Å². The van der Waals surface area contributed by atoms with Crippen LogP contribution in [0.15, 0.2) is 54.9 Å². The predicted octanol–water partition coefficient (Wildman–Crippen LogP) is 4.52. The Morgan fingerprint density at radius 1 is 1.13 bits per heavy atom. The minimum Gasteiger partial charge on any atom is -0.477 e. The second kappa shape index (κ2) is 9.76. The fraction of sp³-hybridized carbons (Fsp3) is 0.375. The van der Waals surface area contributed by atoms with Crippen molar-refractivity contribution in [2.75, 3.05) is 26.2 Å². The lowest BCUT2D eigenvalue weighted by Crippen LogP contribution is -2.38. The van der Waals surface area contributed by atoms with Crippen LogP contribution in [0, 0.1) is 11.7 Å². The van der Waals surface area contributed by atoms with E-state index in [1.54, 1.807) is 18.5 Å². The molecule has 2 heterocycles. The molecular weight excluding hydrogens is 381 g/mol. The summed E-state index contributed by atoms with van der Waals surface area (Å²) in [5.74, 6) is 0.841. The molecule has 0 amide bonds. The minimum atomic E-state index is -0.317. The molecule has 1 saturated heterocycles. The fourth-order valence-electron chi connectivity index (χ4n) is 4.03. The Kier molecular flexibility index (Phi) is 6.64. The van der Waals surface area contributed by atoms with Crippen molar-refractivity contribution in [3.05, 3.63) is 66.2 Å². The number of likely N-dealkylation sites (tertiary alicyclic amines) is 1. The third-order valence-electron chi connectivity index (χ3n) is 5.61. The van der Waals surface area contributed by atoms with Gasteiger partial charge in [0.25, 0.3) is 0 Å². The molecule has 0 radical (unpaired) electrons. The van der Waals surface area contributed by atoms with Crippen LogP contribution >= 0.6 is 0 Å². The van der Waals surface area contributed by atoms with Crippen molar-refractivity contribution in [1.29, 1.82) is 0 Å². The van der Waals surface area contributed by atoms with Crippen molar-refractivity contribution in [2.45, 2.75) is 25.7 Å². The number of piperidine rings is 1. The van der Waals surface area contributed by atoms with Crippen molar-refractivity contribution >= 4 is 16.7 Å². The zero-order valence-electron chi connectivity index (χ0n) is 17.0. The number of ether oxygens (including phenoxy) is 1. The molecule has 30 heavy (non-hydrogen) atoms. The van der Waals surface area contributed by atoms with Gasteiger partial charge in [-0.15, -0.1) is 0 Å². The van der Waals surface area contributed by atoms with Crippen LogP contribution in [0.3, 0.4) is 0 Å². The molecule has 2 aromatic carbocycles. The predicted molar refractivity (Wildman–Crippen MR) is 114 cm³/mol. The monoisotopic (exact) mass is 407 g/mol. The average Bonchev–Trinajstić information content (AvgIpc) is 2.78. The molecule has 1 unspecified atom stereocenters. The van der Waals surface area contributed by atoms with E-state index in [-0.39, 0.29) is 11.6 Å². The Hall–Kier alpha value is -2.86. The highest BCUT2D eigenvalue weighted by molar-refractivity contribution is 5.95. The van der Waals surface area contributed by atoms with E-state index in [9.17, 15) is 9.18 Å². The molecule has 0 spiro atoms. The van der Waals surface area contributed by atoms with Gasteiger partial charge in [0.15, 0.2) is 5.78 Å². The van der Waals surface area contributed by atoms with E-state index in [0.29, 0.717) is 30.4 Å². The van der Waals surface area contributed by atoms with Gasteiger partial charge in [0.05, 0.1) is 17.5 Å². The highest BCUT2D eigenvalue weighted by Gasteiger charge is 2.21. The summed E-state index contributed by atoms with van der Waals surface area (Å²) >= 11 is 0. The van der Waals surface area contributed by atoms with Crippen LogP contribution in [0.25, 0.3) is 10.9 Å². The van der Waals surface area contributed by atoms with Crippen molar-refractivity contribution in [2.24, 2.45) is 5.92 Å². The van der Waals surface area contributed by atoms with Gasteiger partial charge < -0.3 is 9.64 Å². The van der Waals surface area contributed by atoms with Crippen LogP contribution in [0.4, 0.5) is 4.39 Å². The zero-order chi connectivity index (χ0) is 20.8. The molecule has 1 aromatic heterocycles. The number of rotatable bonds is 8. The van der Waals surface area contributed by atoms with Gasteiger partial charge in [-0.1, -0.05) is 12.1 Å². The molecule has 0 bridgehead atoms. The second-order valence-corrected chi connectivity index (χ2v) is 7.85. The third-order valence-corrected chi connectivity index (χ3v) is 5.61. The molecule has 6 heteroatoms. The maximum atomic E-state index is 13.0. The van der Waals surface area contributed by atoms with Gasteiger partial charge in [0.1, 0.15) is 12.1 Å². The summed E-state index contributed by atoms with van der Waals surface area (Å²) in [5, 5.41) is 0.937. The smallest absolute Gasteiger partial charge is 0.224 e. The molecule has 4 rings (SSSR count). The quantitative estimate of drug-likeness (QED) is 0.514. The van der Waals surface area contributed by atoms with Gasteiger partial charge in [-0.05, 0) is 68.8 Å². The van der Waals surface area contributed by atoms with Crippen molar-refractivity contribution in [1.82, 2.24) is 14.9 Å². The van der Waals surface area contributed by atoms with Crippen molar-refractivity contribution < 1.29 is 13.9 Å². The molecule has 3 aromatic rings. The standard InChI is InChI=1S/C24H26FN3O2/c25-20-11-9-19(10-12-20)23(29)8-4-14-28-13-3-5-18(15-28)16-30-24-21-6-1-2-7-22(21)26-17-27-24/h1-2,6-7,9-12,17-18H,3-5,8,13-16H2. The lowest BCUT2D eigenvalue weighted by molar-refractivity contribution is 0.0960.